The highest BCUT2D eigenvalue weighted by atomic mass is 16.5. The summed E-state index contributed by atoms with van der Waals surface area (Å²) in [6.45, 7) is 14.7. The predicted molar refractivity (Wildman–Crippen MR) is 90.5 cm³/mol. The lowest BCUT2D eigenvalue weighted by molar-refractivity contribution is 0.125. The summed E-state index contributed by atoms with van der Waals surface area (Å²) in [5.41, 5.74) is 2.87. The predicted octanol–water partition coefficient (Wildman–Crippen LogP) is 3.43. The zero-order valence-corrected chi connectivity index (χ0v) is 14.6. The molecule has 3 heteroatoms. The van der Waals surface area contributed by atoms with Gasteiger partial charge in [0, 0.05) is 38.3 Å². The van der Waals surface area contributed by atoms with Gasteiger partial charge in [0.05, 0.1) is 6.61 Å². The van der Waals surface area contributed by atoms with E-state index in [2.05, 4.69) is 69.1 Å². The highest BCUT2D eigenvalue weighted by Crippen LogP contribution is 2.12. The van der Waals surface area contributed by atoms with Crippen LogP contribution in [0.1, 0.15) is 45.7 Å². The largest absolute Gasteiger partial charge is 0.383 e. The second-order valence-electron chi connectivity index (χ2n) is 6.98. The van der Waals surface area contributed by atoms with E-state index in [1.54, 1.807) is 7.11 Å². The van der Waals surface area contributed by atoms with Gasteiger partial charge in [-0.25, -0.2) is 0 Å². The topological polar surface area (TPSA) is 24.5 Å². The maximum Gasteiger partial charge on any atom is 0.0589 e. The van der Waals surface area contributed by atoms with Crippen LogP contribution in [-0.4, -0.2) is 36.7 Å². The van der Waals surface area contributed by atoms with E-state index in [-0.39, 0.29) is 5.54 Å². The molecular formula is C18H32N2O. The summed E-state index contributed by atoms with van der Waals surface area (Å²) in [6.07, 6.45) is 0. The molecule has 0 amide bonds. The minimum absolute atomic E-state index is 0.151. The lowest BCUT2D eigenvalue weighted by Gasteiger charge is -2.26. The number of nitrogens with zero attached hydrogens (tertiary/aromatic N) is 1. The smallest absolute Gasteiger partial charge is 0.0589 e. The Balaban J connectivity index is 2.65. The average Bonchev–Trinajstić information content (AvgIpc) is 2.40. The van der Waals surface area contributed by atoms with Gasteiger partial charge in [0.1, 0.15) is 0 Å². The molecule has 21 heavy (non-hydrogen) atoms. The summed E-state index contributed by atoms with van der Waals surface area (Å²) in [5, 5.41) is 3.54. The molecule has 0 bridgehead atoms. The van der Waals surface area contributed by atoms with E-state index in [1.807, 2.05) is 0 Å². The maximum absolute atomic E-state index is 5.21. The Labute approximate surface area is 130 Å². The standard InChI is InChI=1S/C18H32N2O/c1-15(2)20(10-11-21-6)14-17-9-7-8-16(12-17)13-19-18(3,4)5/h7-9,12,15,19H,10-11,13-14H2,1-6H3. The van der Waals surface area contributed by atoms with Gasteiger partial charge in [-0.15, -0.1) is 0 Å². The second kappa shape index (κ2) is 8.52. The first-order valence-corrected chi connectivity index (χ1v) is 7.87. The third kappa shape index (κ3) is 7.60. The monoisotopic (exact) mass is 292 g/mol. The molecule has 0 aliphatic heterocycles. The highest BCUT2D eigenvalue weighted by molar-refractivity contribution is 5.23. The average molecular weight is 292 g/mol. The quantitative estimate of drug-likeness (QED) is 0.794. The number of hydrogen-bond donors (Lipinski definition) is 1. The summed E-state index contributed by atoms with van der Waals surface area (Å²) >= 11 is 0. The number of rotatable bonds is 8. The summed E-state index contributed by atoms with van der Waals surface area (Å²) in [4.78, 5) is 2.44. The van der Waals surface area contributed by atoms with Gasteiger partial charge in [-0.3, -0.25) is 4.90 Å². The molecule has 0 saturated carbocycles. The van der Waals surface area contributed by atoms with Crippen LogP contribution in [0.5, 0.6) is 0 Å². The van der Waals surface area contributed by atoms with E-state index in [4.69, 9.17) is 4.74 Å². The van der Waals surface area contributed by atoms with E-state index in [0.717, 1.165) is 26.2 Å². The maximum atomic E-state index is 5.21. The van der Waals surface area contributed by atoms with Crippen molar-refractivity contribution in [1.82, 2.24) is 10.2 Å². The Bertz CT molecular complexity index is 410. The molecule has 3 nitrogen and oxygen atoms in total. The van der Waals surface area contributed by atoms with Crippen molar-refractivity contribution < 1.29 is 4.74 Å². The Morgan fingerprint density at radius 2 is 1.86 bits per heavy atom. The van der Waals surface area contributed by atoms with Gasteiger partial charge >= 0.3 is 0 Å². The van der Waals surface area contributed by atoms with Crippen molar-refractivity contribution in [2.75, 3.05) is 20.3 Å². The fourth-order valence-electron chi connectivity index (χ4n) is 2.17. The first kappa shape index (κ1) is 18.1. The molecule has 0 aliphatic rings. The second-order valence-corrected chi connectivity index (χ2v) is 6.98. The molecule has 0 fully saturated rings. The van der Waals surface area contributed by atoms with Crippen LogP contribution in [0.15, 0.2) is 24.3 Å². The highest BCUT2D eigenvalue weighted by Gasteiger charge is 2.11. The van der Waals surface area contributed by atoms with Gasteiger partial charge in [0.25, 0.3) is 0 Å². The van der Waals surface area contributed by atoms with Crippen LogP contribution in [0.25, 0.3) is 0 Å². The molecule has 0 saturated heterocycles. The van der Waals surface area contributed by atoms with Crippen LogP contribution in [0.4, 0.5) is 0 Å². The zero-order chi connectivity index (χ0) is 15.9. The van der Waals surface area contributed by atoms with Crippen molar-refractivity contribution in [2.24, 2.45) is 0 Å². The molecule has 0 unspecified atom stereocenters. The Hall–Kier alpha value is -0.900. The van der Waals surface area contributed by atoms with Gasteiger partial charge in [-0.05, 0) is 45.7 Å². The summed E-state index contributed by atoms with van der Waals surface area (Å²) < 4.78 is 5.21. The number of methoxy groups -OCH3 is 1. The number of ether oxygens (including phenoxy) is 1. The lowest BCUT2D eigenvalue weighted by Crippen LogP contribution is -2.35. The van der Waals surface area contributed by atoms with Gasteiger partial charge in [0.15, 0.2) is 0 Å². The van der Waals surface area contributed by atoms with Crippen molar-refractivity contribution in [3.05, 3.63) is 35.4 Å². The molecule has 1 aromatic rings. The first-order chi connectivity index (χ1) is 9.81. The molecule has 0 atom stereocenters. The summed E-state index contributed by atoms with van der Waals surface area (Å²) in [6, 6.07) is 9.39. The number of nitrogens with one attached hydrogen (secondary N) is 1. The molecular weight excluding hydrogens is 260 g/mol. The normalized spacial score (nSPS) is 12.4. The lowest BCUT2D eigenvalue weighted by atomic mass is 10.1. The molecule has 0 heterocycles. The summed E-state index contributed by atoms with van der Waals surface area (Å²) in [7, 11) is 1.76. The van der Waals surface area contributed by atoms with Crippen LogP contribution in [-0.2, 0) is 17.8 Å². The fourth-order valence-corrected chi connectivity index (χ4v) is 2.17. The van der Waals surface area contributed by atoms with Crippen LogP contribution < -0.4 is 5.32 Å². The number of benzene rings is 1. The SMILES string of the molecule is COCCN(Cc1cccc(CNC(C)(C)C)c1)C(C)C. The molecule has 0 radical (unpaired) electrons. The molecule has 1 rings (SSSR count). The van der Waals surface area contributed by atoms with E-state index in [9.17, 15) is 0 Å². The van der Waals surface area contributed by atoms with Gasteiger partial charge < -0.3 is 10.1 Å². The van der Waals surface area contributed by atoms with E-state index < -0.39 is 0 Å². The van der Waals surface area contributed by atoms with Crippen molar-refractivity contribution in [3.8, 4) is 0 Å². The third-order valence-corrected chi connectivity index (χ3v) is 3.51. The van der Waals surface area contributed by atoms with E-state index >= 15 is 0 Å². The summed E-state index contributed by atoms with van der Waals surface area (Å²) in [5.74, 6) is 0. The Morgan fingerprint density at radius 3 is 2.43 bits per heavy atom. The molecule has 0 aliphatic carbocycles. The van der Waals surface area contributed by atoms with Crippen molar-refractivity contribution in [3.63, 3.8) is 0 Å². The molecule has 1 N–H and O–H groups in total. The van der Waals surface area contributed by atoms with Crippen LogP contribution in [0.3, 0.4) is 0 Å². The number of hydrogen-bond acceptors (Lipinski definition) is 3. The van der Waals surface area contributed by atoms with E-state index in [0.29, 0.717) is 6.04 Å². The van der Waals surface area contributed by atoms with Crippen molar-refractivity contribution in [1.29, 1.82) is 0 Å². The van der Waals surface area contributed by atoms with Crippen LogP contribution in [0.2, 0.25) is 0 Å². The molecule has 0 spiro atoms. The third-order valence-electron chi connectivity index (χ3n) is 3.51. The minimum atomic E-state index is 0.151. The van der Waals surface area contributed by atoms with Crippen LogP contribution >= 0.6 is 0 Å². The molecule has 1 aromatic carbocycles. The minimum Gasteiger partial charge on any atom is -0.383 e. The van der Waals surface area contributed by atoms with E-state index in [1.165, 1.54) is 11.1 Å². The molecule has 120 valence electrons. The fraction of sp³-hybridized carbons (Fsp3) is 0.667. The van der Waals surface area contributed by atoms with Crippen LogP contribution in [0, 0.1) is 0 Å². The van der Waals surface area contributed by atoms with Gasteiger partial charge in [-0.2, -0.15) is 0 Å². The van der Waals surface area contributed by atoms with Crippen molar-refractivity contribution >= 4 is 0 Å². The first-order valence-electron chi connectivity index (χ1n) is 7.87. The van der Waals surface area contributed by atoms with Gasteiger partial charge in [-0.1, -0.05) is 24.3 Å². The van der Waals surface area contributed by atoms with Gasteiger partial charge in [0.2, 0.25) is 0 Å². The Kier molecular flexibility index (Phi) is 7.36. The van der Waals surface area contributed by atoms with Crippen molar-refractivity contribution in [2.45, 2.75) is 59.3 Å². The molecule has 0 aromatic heterocycles. The Morgan fingerprint density at radius 1 is 1.19 bits per heavy atom. The zero-order valence-electron chi connectivity index (χ0n) is 14.6.